The van der Waals surface area contributed by atoms with Gasteiger partial charge in [0.25, 0.3) is 0 Å². The Balaban J connectivity index is 2.26. The molecule has 0 aliphatic carbocycles. The van der Waals surface area contributed by atoms with Crippen LogP contribution in [0.15, 0.2) is 6.20 Å². The van der Waals surface area contributed by atoms with Crippen LogP contribution in [0.4, 0.5) is 0 Å². The Kier molecular flexibility index (Phi) is 2.07. The van der Waals surface area contributed by atoms with E-state index in [2.05, 4.69) is 9.55 Å². The Morgan fingerprint density at radius 2 is 2.58 bits per heavy atom. The van der Waals surface area contributed by atoms with Crippen molar-refractivity contribution in [3.05, 3.63) is 17.2 Å². The molecule has 0 saturated heterocycles. The normalized spacial score (nSPS) is 22.3. The van der Waals surface area contributed by atoms with Crippen LogP contribution in [0.2, 0.25) is 5.28 Å². The van der Waals surface area contributed by atoms with Crippen LogP contribution in [0, 0.1) is 5.92 Å². The Bertz CT molecular complexity index is 282. The largest absolute Gasteiger partial charge is 0.330 e. The highest BCUT2D eigenvalue weighted by molar-refractivity contribution is 6.28. The molecule has 1 aromatic rings. The summed E-state index contributed by atoms with van der Waals surface area (Å²) in [5.74, 6) is 0.573. The van der Waals surface area contributed by atoms with E-state index in [1.54, 1.807) is 0 Å². The first-order valence-electron chi connectivity index (χ1n) is 4.21. The van der Waals surface area contributed by atoms with Crippen molar-refractivity contribution in [3.8, 4) is 0 Å². The van der Waals surface area contributed by atoms with E-state index < -0.39 is 0 Å². The van der Waals surface area contributed by atoms with Gasteiger partial charge in [-0.1, -0.05) is 0 Å². The SMILES string of the molecule is NCC1CCc2cnc(Cl)n2C1. The van der Waals surface area contributed by atoms with Crippen LogP contribution in [0.1, 0.15) is 12.1 Å². The smallest absolute Gasteiger partial charge is 0.202 e. The fraction of sp³-hybridized carbons (Fsp3) is 0.625. The number of halogens is 1. The van der Waals surface area contributed by atoms with Gasteiger partial charge in [-0.15, -0.1) is 0 Å². The van der Waals surface area contributed by atoms with E-state index in [-0.39, 0.29) is 0 Å². The summed E-state index contributed by atoms with van der Waals surface area (Å²) >= 11 is 5.89. The number of imidazole rings is 1. The fourth-order valence-electron chi connectivity index (χ4n) is 1.67. The number of aromatic nitrogens is 2. The van der Waals surface area contributed by atoms with Gasteiger partial charge in [-0.05, 0) is 36.9 Å². The van der Waals surface area contributed by atoms with Crippen LogP contribution in [0.3, 0.4) is 0 Å². The standard InChI is InChI=1S/C8H12ClN3/c9-8-11-4-7-2-1-6(3-10)5-12(7)8/h4,6H,1-3,5,10H2. The van der Waals surface area contributed by atoms with Crippen molar-refractivity contribution in [2.24, 2.45) is 11.7 Å². The second-order valence-electron chi connectivity index (χ2n) is 3.27. The van der Waals surface area contributed by atoms with Crippen LogP contribution in [-0.2, 0) is 13.0 Å². The third-order valence-corrected chi connectivity index (χ3v) is 2.77. The van der Waals surface area contributed by atoms with Crippen LogP contribution >= 0.6 is 11.6 Å². The highest BCUT2D eigenvalue weighted by Crippen LogP contribution is 2.22. The molecule has 1 aliphatic heterocycles. The summed E-state index contributed by atoms with van der Waals surface area (Å²) in [5.41, 5.74) is 6.84. The third kappa shape index (κ3) is 1.23. The van der Waals surface area contributed by atoms with Crippen LogP contribution in [-0.4, -0.2) is 16.1 Å². The predicted octanol–water partition coefficient (Wildman–Crippen LogP) is 1.06. The topological polar surface area (TPSA) is 43.8 Å². The van der Waals surface area contributed by atoms with Crippen LogP contribution < -0.4 is 5.73 Å². The lowest BCUT2D eigenvalue weighted by molar-refractivity contribution is 0.379. The average molecular weight is 186 g/mol. The lowest BCUT2D eigenvalue weighted by atomic mass is 9.99. The summed E-state index contributed by atoms with van der Waals surface area (Å²) in [5, 5.41) is 0.600. The van der Waals surface area contributed by atoms with E-state index in [9.17, 15) is 0 Å². The first-order valence-corrected chi connectivity index (χ1v) is 4.59. The molecule has 0 fully saturated rings. The molecule has 1 unspecified atom stereocenters. The minimum Gasteiger partial charge on any atom is -0.330 e. The molecule has 1 aliphatic rings. The number of nitrogens with zero attached hydrogens (tertiary/aromatic N) is 2. The van der Waals surface area contributed by atoms with E-state index in [4.69, 9.17) is 17.3 Å². The van der Waals surface area contributed by atoms with Gasteiger partial charge in [-0.3, -0.25) is 0 Å². The van der Waals surface area contributed by atoms with E-state index in [1.807, 2.05) is 6.20 Å². The predicted molar refractivity (Wildman–Crippen MR) is 48.1 cm³/mol. The maximum absolute atomic E-state index is 5.89. The Morgan fingerprint density at radius 3 is 3.33 bits per heavy atom. The molecular weight excluding hydrogens is 174 g/mol. The van der Waals surface area contributed by atoms with Crippen LogP contribution in [0.5, 0.6) is 0 Å². The zero-order valence-electron chi connectivity index (χ0n) is 6.83. The Labute approximate surface area is 76.5 Å². The number of hydrogen-bond acceptors (Lipinski definition) is 2. The van der Waals surface area contributed by atoms with Crippen molar-refractivity contribution in [1.82, 2.24) is 9.55 Å². The molecule has 2 rings (SSSR count). The molecule has 0 amide bonds. The highest BCUT2D eigenvalue weighted by atomic mass is 35.5. The molecule has 0 aromatic carbocycles. The zero-order valence-corrected chi connectivity index (χ0v) is 7.59. The van der Waals surface area contributed by atoms with Gasteiger partial charge in [0.05, 0.1) is 0 Å². The van der Waals surface area contributed by atoms with Gasteiger partial charge < -0.3 is 10.3 Å². The number of rotatable bonds is 1. The lowest BCUT2D eigenvalue weighted by Crippen LogP contribution is -2.26. The molecule has 2 N–H and O–H groups in total. The molecule has 12 heavy (non-hydrogen) atoms. The molecule has 3 nitrogen and oxygen atoms in total. The first kappa shape index (κ1) is 8.08. The van der Waals surface area contributed by atoms with Crippen LogP contribution in [0.25, 0.3) is 0 Å². The second-order valence-corrected chi connectivity index (χ2v) is 3.61. The number of fused-ring (bicyclic) bond motifs is 1. The van der Waals surface area contributed by atoms with Gasteiger partial charge in [0.1, 0.15) is 0 Å². The van der Waals surface area contributed by atoms with Crippen molar-refractivity contribution >= 4 is 11.6 Å². The fourth-order valence-corrected chi connectivity index (χ4v) is 1.90. The van der Waals surface area contributed by atoms with Gasteiger partial charge >= 0.3 is 0 Å². The molecule has 2 heterocycles. The van der Waals surface area contributed by atoms with Crippen molar-refractivity contribution < 1.29 is 0 Å². The second kappa shape index (κ2) is 3.07. The summed E-state index contributed by atoms with van der Waals surface area (Å²) in [6, 6.07) is 0. The molecule has 0 spiro atoms. The maximum atomic E-state index is 5.89. The molecule has 1 atom stereocenters. The summed E-state index contributed by atoms with van der Waals surface area (Å²) in [4.78, 5) is 4.05. The number of nitrogens with two attached hydrogens (primary N) is 1. The lowest BCUT2D eigenvalue weighted by Gasteiger charge is -2.22. The summed E-state index contributed by atoms with van der Waals surface area (Å²) < 4.78 is 2.06. The summed E-state index contributed by atoms with van der Waals surface area (Å²) in [6.45, 7) is 1.68. The van der Waals surface area contributed by atoms with Crippen molar-refractivity contribution in [1.29, 1.82) is 0 Å². The van der Waals surface area contributed by atoms with E-state index in [0.29, 0.717) is 11.2 Å². The molecule has 4 heteroatoms. The minimum atomic E-state index is 0.573. The Morgan fingerprint density at radius 1 is 1.75 bits per heavy atom. The maximum Gasteiger partial charge on any atom is 0.202 e. The quantitative estimate of drug-likeness (QED) is 0.711. The van der Waals surface area contributed by atoms with Crippen molar-refractivity contribution in [3.63, 3.8) is 0 Å². The number of hydrogen-bond donors (Lipinski definition) is 1. The van der Waals surface area contributed by atoms with Gasteiger partial charge in [0, 0.05) is 18.4 Å². The van der Waals surface area contributed by atoms with Crippen molar-refractivity contribution in [2.45, 2.75) is 19.4 Å². The number of aryl methyl sites for hydroxylation is 1. The third-order valence-electron chi connectivity index (χ3n) is 2.47. The molecule has 0 bridgehead atoms. The average Bonchev–Trinajstić information content (AvgIpc) is 2.47. The Hall–Kier alpha value is -0.540. The van der Waals surface area contributed by atoms with Gasteiger partial charge in [-0.25, -0.2) is 4.98 Å². The monoisotopic (exact) mass is 185 g/mol. The minimum absolute atomic E-state index is 0.573. The van der Waals surface area contributed by atoms with E-state index in [0.717, 1.165) is 19.5 Å². The summed E-state index contributed by atoms with van der Waals surface area (Å²) in [7, 11) is 0. The van der Waals surface area contributed by atoms with E-state index >= 15 is 0 Å². The molecule has 0 radical (unpaired) electrons. The van der Waals surface area contributed by atoms with Gasteiger partial charge in [0.2, 0.25) is 5.28 Å². The highest BCUT2D eigenvalue weighted by Gasteiger charge is 2.19. The first-order chi connectivity index (χ1) is 5.81. The summed E-state index contributed by atoms with van der Waals surface area (Å²) in [6.07, 6.45) is 4.08. The van der Waals surface area contributed by atoms with E-state index in [1.165, 1.54) is 12.1 Å². The van der Waals surface area contributed by atoms with Gasteiger partial charge in [-0.2, -0.15) is 0 Å². The van der Waals surface area contributed by atoms with Crippen molar-refractivity contribution in [2.75, 3.05) is 6.54 Å². The molecular formula is C8H12ClN3. The zero-order chi connectivity index (χ0) is 8.55. The molecule has 1 aromatic heterocycles. The molecule has 0 saturated carbocycles. The molecule has 66 valence electrons. The van der Waals surface area contributed by atoms with Gasteiger partial charge in [0.15, 0.2) is 0 Å².